The molecule has 0 bridgehead atoms. The summed E-state index contributed by atoms with van der Waals surface area (Å²) in [5, 5.41) is 3.31. The van der Waals surface area contributed by atoms with Crippen molar-refractivity contribution in [2.45, 2.75) is 13.5 Å². The van der Waals surface area contributed by atoms with Gasteiger partial charge in [-0.15, -0.1) is 0 Å². The molecule has 0 aliphatic rings. The van der Waals surface area contributed by atoms with Crippen LogP contribution in [0.3, 0.4) is 0 Å². The maximum absolute atomic E-state index is 12.3. The van der Waals surface area contributed by atoms with Crippen LogP contribution in [-0.4, -0.2) is 29.9 Å². The smallest absolute Gasteiger partial charge is 0.258 e. The first-order chi connectivity index (χ1) is 9.97. The van der Waals surface area contributed by atoms with E-state index in [0.29, 0.717) is 10.6 Å². The third-order valence-corrected chi connectivity index (χ3v) is 3.30. The van der Waals surface area contributed by atoms with E-state index in [4.69, 9.17) is 11.6 Å². The minimum Gasteiger partial charge on any atom is -0.322 e. The van der Waals surface area contributed by atoms with Gasteiger partial charge in [0.15, 0.2) is 0 Å². The molecule has 1 aromatic carbocycles. The van der Waals surface area contributed by atoms with Crippen molar-refractivity contribution >= 4 is 23.2 Å². The fourth-order valence-electron chi connectivity index (χ4n) is 2.00. The van der Waals surface area contributed by atoms with Crippen molar-refractivity contribution in [2.75, 3.05) is 19.4 Å². The summed E-state index contributed by atoms with van der Waals surface area (Å²) in [6, 6.07) is 9.40. The molecule has 2 aromatic rings. The lowest BCUT2D eigenvalue weighted by Crippen LogP contribution is -2.17. The van der Waals surface area contributed by atoms with E-state index in [1.54, 1.807) is 6.07 Å². The van der Waals surface area contributed by atoms with Crippen LogP contribution in [0.15, 0.2) is 36.5 Å². The van der Waals surface area contributed by atoms with E-state index in [2.05, 4.69) is 10.3 Å². The average molecular weight is 304 g/mol. The molecule has 4 nitrogen and oxygen atoms in total. The van der Waals surface area contributed by atoms with E-state index in [-0.39, 0.29) is 5.91 Å². The second kappa shape index (κ2) is 6.70. The maximum Gasteiger partial charge on any atom is 0.258 e. The number of hydrogen-bond acceptors (Lipinski definition) is 3. The fourth-order valence-corrected chi connectivity index (χ4v) is 2.30. The number of hydrogen-bond donors (Lipinski definition) is 1. The lowest BCUT2D eigenvalue weighted by molar-refractivity contribution is 0.102. The van der Waals surface area contributed by atoms with Crippen molar-refractivity contribution in [1.29, 1.82) is 0 Å². The Kier molecular flexibility index (Phi) is 4.94. The second-order valence-corrected chi connectivity index (χ2v) is 5.56. The number of carbonyl (C=O) groups excluding carboxylic acids is 1. The molecule has 0 aliphatic heterocycles. The van der Waals surface area contributed by atoms with Gasteiger partial charge < -0.3 is 10.2 Å². The van der Waals surface area contributed by atoms with E-state index in [0.717, 1.165) is 23.5 Å². The summed E-state index contributed by atoms with van der Waals surface area (Å²) in [5.74, 6) is -0.251. The lowest BCUT2D eigenvalue weighted by Gasteiger charge is -2.15. The summed E-state index contributed by atoms with van der Waals surface area (Å²) in [4.78, 5) is 18.5. The summed E-state index contributed by atoms with van der Waals surface area (Å²) in [7, 11) is 3.97. The maximum atomic E-state index is 12.3. The molecule has 0 radical (unpaired) electrons. The first-order valence-electron chi connectivity index (χ1n) is 6.63. The fraction of sp³-hybridized carbons (Fsp3) is 0.250. The Balaban J connectivity index is 2.23. The molecule has 2 rings (SSSR count). The van der Waals surface area contributed by atoms with Crippen LogP contribution < -0.4 is 5.32 Å². The summed E-state index contributed by atoms with van der Waals surface area (Å²) >= 11 is 6.11. The highest BCUT2D eigenvalue weighted by Crippen LogP contribution is 2.20. The molecule has 0 aliphatic carbocycles. The third kappa shape index (κ3) is 4.03. The molecular formula is C16H18ClN3O. The Bertz CT molecular complexity index is 656. The van der Waals surface area contributed by atoms with Gasteiger partial charge in [-0.3, -0.25) is 9.78 Å². The minimum absolute atomic E-state index is 0.251. The van der Waals surface area contributed by atoms with Crippen LogP contribution in [0.2, 0.25) is 5.02 Å². The van der Waals surface area contributed by atoms with Gasteiger partial charge in [0, 0.05) is 24.1 Å². The number of pyridine rings is 1. The van der Waals surface area contributed by atoms with E-state index in [9.17, 15) is 4.79 Å². The number of aromatic nitrogens is 1. The Morgan fingerprint density at radius 3 is 2.71 bits per heavy atom. The third-order valence-electron chi connectivity index (χ3n) is 2.99. The summed E-state index contributed by atoms with van der Waals surface area (Å²) in [6.45, 7) is 2.58. The number of benzene rings is 1. The number of amides is 1. The van der Waals surface area contributed by atoms with Crippen molar-refractivity contribution in [3.63, 3.8) is 0 Å². The number of anilines is 1. The highest BCUT2D eigenvalue weighted by atomic mass is 35.5. The van der Waals surface area contributed by atoms with Crippen LogP contribution in [0, 0.1) is 6.92 Å². The Morgan fingerprint density at radius 2 is 2.05 bits per heavy atom. The van der Waals surface area contributed by atoms with Gasteiger partial charge in [-0.1, -0.05) is 29.8 Å². The zero-order valence-corrected chi connectivity index (χ0v) is 13.1. The molecule has 1 aromatic heterocycles. The number of aryl methyl sites for hydroxylation is 1. The van der Waals surface area contributed by atoms with Gasteiger partial charge in [-0.2, -0.15) is 0 Å². The number of rotatable bonds is 4. The lowest BCUT2D eigenvalue weighted by atomic mass is 10.1. The average Bonchev–Trinajstić information content (AvgIpc) is 2.40. The molecule has 0 fully saturated rings. The first kappa shape index (κ1) is 15.5. The van der Waals surface area contributed by atoms with Gasteiger partial charge in [0.2, 0.25) is 0 Å². The molecule has 1 amide bonds. The van der Waals surface area contributed by atoms with Crippen LogP contribution in [-0.2, 0) is 6.54 Å². The van der Waals surface area contributed by atoms with Crippen molar-refractivity contribution in [3.8, 4) is 0 Å². The van der Waals surface area contributed by atoms with E-state index >= 15 is 0 Å². The molecule has 0 saturated heterocycles. The van der Waals surface area contributed by atoms with Gasteiger partial charge in [-0.05, 0) is 38.7 Å². The normalized spacial score (nSPS) is 10.7. The standard InChI is InChI=1S/C16H18ClN3O/c1-11-8-14(17)13(9-18-11)16(21)19-15-7-5-4-6-12(15)10-20(2)3/h4-9H,10H2,1-3H3,(H,19,21). The second-order valence-electron chi connectivity index (χ2n) is 5.15. The molecule has 0 unspecified atom stereocenters. The molecule has 1 N–H and O–H groups in total. The van der Waals surface area contributed by atoms with Gasteiger partial charge in [0.05, 0.1) is 10.6 Å². The zero-order chi connectivity index (χ0) is 15.4. The first-order valence-corrected chi connectivity index (χ1v) is 7.01. The SMILES string of the molecule is Cc1cc(Cl)c(C(=O)Nc2ccccc2CN(C)C)cn1. The largest absolute Gasteiger partial charge is 0.322 e. The Labute approximate surface area is 129 Å². The number of nitrogens with one attached hydrogen (secondary N) is 1. The van der Waals surface area contributed by atoms with E-state index in [1.807, 2.05) is 50.2 Å². The van der Waals surface area contributed by atoms with Gasteiger partial charge in [-0.25, -0.2) is 0 Å². The Hall–Kier alpha value is -1.91. The van der Waals surface area contributed by atoms with E-state index in [1.165, 1.54) is 6.20 Å². The van der Waals surface area contributed by atoms with Gasteiger partial charge in [0.1, 0.15) is 0 Å². The summed E-state index contributed by atoms with van der Waals surface area (Å²) in [5.41, 5.74) is 2.99. The van der Waals surface area contributed by atoms with Gasteiger partial charge in [0.25, 0.3) is 5.91 Å². The number of para-hydroxylation sites is 1. The minimum atomic E-state index is -0.251. The topological polar surface area (TPSA) is 45.2 Å². The molecule has 1 heterocycles. The summed E-state index contributed by atoms with van der Waals surface area (Å²) < 4.78 is 0. The van der Waals surface area contributed by atoms with Crippen LogP contribution in [0.4, 0.5) is 5.69 Å². The Morgan fingerprint density at radius 1 is 1.33 bits per heavy atom. The van der Waals surface area contributed by atoms with Crippen LogP contribution in [0.25, 0.3) is 0 Å². The van der Waals surface area contributed by atoms with Crippen LogP contribution in [0.5, 0.6) is 0 Å². The highest BCUT2D eigenvalue weighted by molar-refractivity contribution is 6.34. The van der Waals surface area contributed by atoms with Crippen molar-refractivity contribution in [2.24, 2.45) is 0 Å². The van der Waals surface area contributed by atoms with Crippen molar-refractivity contribution in [3.05, 3.63) is 58.4 Å². The van der Waals surface area contributed by atoms with Crippen molar-refractivity contribution < 1.29 is 4.79 Å². The monoisotopic (exact) mass is 303 g/mol. The van der Waals surface area contributed by atoms with Gasteiger partial charge >= 0.3 is 0 Å². The van der Waals surface area contributed by atoms with Crippen LogP contribution >= 0.6 is 11.6 Å². The predicted octanol–water partition coefficient (Wildman–Crippen LogP) is 3.36. The molecule has 0 saturated carbocycles. The molecular weight excluding hydrogens is 286 g/mol. The number of carbonyl (C=O) groups is 1. The van der Waals surface area contributed by atoms with Crippen LogP contribution in [0.1, 0.15) is 21.6 Å². The molecule has 5 heteroatoms. The van der Waals surface area contributed by atoms with Crippen molar-refractivity contribution in [1.82, 2.24) is 9.88 Å². The number of halogens is 1. The zero-order valence-electron chi connectivity index (χ0n) is 12.4. The predicted molar refractivity (Wildman–Crippen MR) is 85.8 cm³/mol. The highest BCUT2D eigenvalue weighted by Gasteiger charge is 2.13. The quantitative estimate of drug-likeness (QED) is 0.942. The molecule has 0 atom stereocenters. The molecule has 0 spiro atoms. The van der Waals surface area contributed by atoms with E-state index < -0.39 is 0 Å². The molecule has 110 valence electrons. The number of nitrogens with zero attached hydrogens (tertiary/aromatic N) is 2. The summed E-state index contributed by atoms with van der Waals surface area (Å²) in [6.07, 6.45) is 1.50. The molecule has 21 heavy (non-hydrogen) atoms.